The number of fused-ring (bicyclic) bond motifs is 3. The molecule has 0 aliphatic carbocycles. The van der Waals surface area contributed by atoms with E-state index in [0.29, 0.717) is 11.3 Å². The maximum atomic E-state index is 10.7. The second-order valence-corrected chi connectivity index (χ2v) is 14.4. The molecule has 1 atom stereocenters. The summed E-state index contributed by atoms with van der Waals surface area (Å²) in [6.45, 7) is 2.13. The molecule has 54 heavy (non-hydrogen) atoms. The van der Waals surface area contributed by atoms with Crippen LogP contribution in [0.1, 0.15) is 23.6 Å². The molecule has 256 valence electrons. The zero-order valence-electron chi connectivity index (χ0n) is 29.7. The summed E-state index contributed by atoms with van der Waals surface area (Å²) in [4.78, 5) is 5.53. The van der Waals surface area contributed by atoms with Gasteiger partial charge in [0.2, 0.25) is 0 Å². The number of benzene rings is 7. The summed E-state index contributed by atoms with van der Waals surface area (Å²) in [5.74, 6) is 0. The van der Waals surface area contributed by atoms with Crippen LogP contribution in [0.5, 0.6) is 0 Å². The first-order valence-corrected chi connectivity index (χ1v) is 19.1. The summed E-state index contributed by atoms with van der Waals surface area (Å²) >= 11 is 0. The molecule has 9 rings (SSSR count). The second-order valence-electron chi connectivity index (χ2n) is 13.6. The molecule has 0 saturated heterocycles. The molecule has 1 N–H and O–H groups in total. The highest BCUT2D eigenvalue weighted by atomic mass is 31.1. The fourth-order valence-corrected chi connectivity index (χ4v) is 8.18. The molecule has 1 aromatic heterocycles. The molecule has 8 aromatic rings. The Morgan fingerprint density at radius 2 is 1.19 bits per heavy atom. The van der Waals surface area contributed by atoms with Gasteiger partial charge < -0.3 is 9.88 Å². The van der Waals surface area contributed by atoms with Gasteiger partial charge in [-0.15, -0.1) is 0 Å². The minimum atomic E-state index is -0.990. The summed E-state index contributed by atoms with van der Waals surface area (Å²) < 4.78 is 2.41. The van der Waals surface area contributed by atoms with Crippen LogP contribution in [0.2, 0.25) is 0 Å². The van der Waals surface area contributed by atoms with Gasteiger partial charge in [-0.3, -0.25) is 4.99 Å². The first-order chi connectivity index (χ1) is 26.6. The number of nitriles is 1. The van der Waals surface area contributed by atoms with E-state index in [2.05, 4.69) is 144 Å². The Labute approximate surface area is 316 Å². The number of hydrogen-bond donors (Lipinski definition) is 1. The molecule has 1 aliphatic heterocycles. The van der Waals surface area contributed by atoms with Crippen LogP contribution in [-0.4, -0.2) is 16.6 Å². The Balaban J connectivity index is 1.38. The van der Waals surface area contributed by atoms with Gasteiger partial charge in [-0.05, 0) is 59.5 Å². The van der Waals surface area contributed by atoms with Gasteiger partial charge in [0, 0.05) is 32.8 Å². The Morgan fingerprint density at radius 3 is 1.81 bits per heavy atom. The van der Waals surface area contributed by atoms with E-state index in [1.807, 2.05) is 60.7 Å². The molecule has 2 heterocycles. The standard InChI is InChI=1S/C49H35N4P/c1-49(51-46(35-20-11-5-12-21-35)42(32-50)47(52-49)36-22-13-6-14-23-36)43-25-15-24-39(34-18-9-4-10-19-34)48(43)53-44-28-26-37(33-16-7-3-8-17-33)30-40(44)41-31-38(54-2)27-29-45(41)53/h3-31,51H,2H2,1H3. The van der Waals surface area contributed by atoms with E-state index in [-0.39, 0.29) is 0 Å². The number of nitrogens with zero attached hydrogens (tertiary/aromatic N) is 3. The largest absolute Gasteiger partial charge is 0.356 e. The van der Waals surface area contributed by atoms with Crippen molar-refractivity contribution < 1.29 is 0 Å². The van der Waals surface area contributed by atoms with Gasteiger partial charge in [-0.25, -0.2) is 0 Å². The summed E-state index contributed by atoms with van der Waals surface area (Å²) in [6.07, 6.45) is 4.20. The average molecular weight is 711 g/mol. The number of rotatable bonds is 7. The molecule has 0 saturated carbocycles. The van der Waals surface area contributed by atoms with Crippen molar-refractivity contribution in [2.45, 2.75) is 12.6 Å². The third kappa shape index (κ3) is 5.64. The number of aromatic nitrogens is 1. The smallest absolute Gasteiger partial charge is 0.155 e. The van der Waals surface area contributed by atoms with E-state index in [1.165, 1.54) is 5.56 Å². The van der Waals surface area contributed by atoms with Gasteiger partial charge in [0.15, 0.2) is 5.66 Å². The second kappa shape index (κ2) is 13.6. The number of aliphatic imine (C=N–C) groups is 1. The van der Waals surface area contributed by atoms with Crippen molar-refractivity contribution in [3.63, 3.8) is 0 Å². The van der Waals surface area contributed by atoms with Crippen molar-refractivity contribution in [1.29, 1.82) is 5.26 Å². The van der Waals surface area contributed by atoms with Crippen molar-refractivity contribution in [2.24, 2.45) is 4.99 Å². The van der Waals surface area contributed by atoms with E-state index in [0.717, 1.165) is 80.1 Å². The quantitative estimate of drug-likeness (QED) is 0.167. The minimum absolute atomic E-state index is 0.510. The Morgan fingerprint density at radius 1 is 0.611 bits per heavy atom. The molecule has 0 fully saturated rings. The van der Waals surface area contributed by atoms with Crippen LogP contribution in [0, 0.1) is 11.3 Å². The number of hydrogen-bond acceptors (Lipinski definition) is 3. The molecule has 7 aromatic carbocycles. The number of para-hydroxylation sites is 1. The van der Waals surface area contributed by atoms with Crippen molar-refractivity contribution in [3.05, 3.63) is 198 Å². The van der Waals surface area contributed by atoms with E-state index >= 15 is 0 Å². The molecule has 4 nitrogen and oxygen atoms in total. The van der Waals surface area contributed by atoms with Crippen LogP contribution in [-0.2, 0) is 5.66 Å². The zero-order valence-corrected chi connectivity index (χ0v) is 30.6. The van der Waals surface area contributed by atoms with Crippen LogP contribution in [0.3, 0.4) is 0 Å². The summed E-state index contributed by atoms with van der Waals surface area (Å²) in [5.41, 5.74) is 11.4. The van der Waals surface area contributed by atoms with Crippen LogP contribution in [0.15, 0.2) is 186 Å². The molecule has 5 heteroatoms. The number of allylic oxidation sites excluding steroid dienone is 1. The topological polar surface area (TPSA) is 53.1 Å². The van der Waals surface area contributed by atoms with E-state index in [9.17, 15) is 5.26 Å². The lowest BCUT2D eigenvalue weighted by Crippen LogP contribution is -2.42. The van der Waals surface area contributed by atoms with Crippen LogP contribution in [0.4, 0.5) is 0 Å². The van der Waals surface area contributed by atoms with Crippen molar-refractivity contribution in [3.8, 4) is 34.0 Å². The van der Waals surface area contributed by atoms with Gasteiger partial charge in [0.25, 0.3) is 0 Å². The molecule has 1 unspecified atom stereocenters. The third-order valence-electron chi connectivity index (χ3n) is 10.3. The Kier molecular flexibility index (Phi) is 8.35. The summed E-state index contributed by atoms with van der Waals surface area (Å²) in [7, 11) is 0.965. The highest BCUT2D eigenvalue weighted by Gasteiger charge is 2.38. The van der Waals surface area contributed by atoms with Crippen LogP contribution >= 0.6 is 8.20 Å². The highest BCUT2D eigenvalue weighted by molar-refractivity contribution is 7.45. The third-order valence-corrected chi connectivity index (χ3v) is 11.0. The van der Waals surface area contributed by atoms with Crippen LogP contribution < -0.4 is 10.6 Å². The van der Waals surface area contributed by atoms with Crippen LogP contribution in [0.25, 0.3) is 55.4 Å². The maximum Gasteiger partial charge on any atom is 0.155 e. The van der Waals surface area contributed by atoms with Crippen molar-refractivity contribution >= 4 is 53.0 Å². The fourth-order valence-electron chi connectivity index (χ4n) is 7.78. The van der Waals surface area contributed by atoms with Gasteiger partial charge in [-0.2, -0.15) is 5.26 Å². The average Bonchev–Trinajstić information content (AvgIpc) is 3.57. The van der Waals surface area contributed by atoms with E-state index < -0.39 is 5.66 Å². The fraction of sp³-hybridized carbons (Fsp3) is 0.0408. The van der Waals surface area contributed by atoms with Crippen molar-refractivity contribution in [2.75, 3.05) is 0 Å². The SMILES string of the molecule is C=Pc1ccc2c(c1)c1cc(-c3ccccc3)ccc1n2-c1c(-c2ccccc2)cccc1C1(C)N=C(c2ccccc2)C(C#N)=C(c2ccccc2)N1. The molecule has 0 spiro atoms. The van der Waals surface area contributed by atoms with Gasteiger partial charge in [-0.1, -0.05) is 160 Å². The monoisotopic (exact) mass is 710 g/mol. The highest BCUT2D eigenvalue weighted by Crippen LogP contribution is 2.44. The summed E-state index contributed by atoms with van der Waals surface area (Å²) in [6, 6.07) is 63.8. The lowest BCUT2D eigenvalue weighted by Gasteiger charge is -2.37. The van der Waals surface area contributed by atoms with E-state index in [1.54, 1.807) is 0 Å². The zero-order chi connectivity index (χ0) is 36.6. The van der Waals surface area contributed by atoms with Gasteiger partial charge in [0.05, 0.1) is 28.1 Å². The first-order valence-electron chi connectivity index (χ1n) is 18.0. The van der Waals surface area contributed by atoms with Crippen molar-refractivity contribution in [1.82, 2.24) is 9.88 Å². The Hall–Kier alpha value is -6.79. The predicted molar refractivity (Wildman–Crippen MR) is 228 cm³/mol. The normalized spacial score (nSPS) is 15.6. The molecular formula is C49H35N4P. The van der Waals surface area contributed by atoms with Gasteiger partial charge in [0.1, 0.15) is 11.6 Å². The van der Waals surface area contributed by atoms with E-state index in [4.69, 9.17) is 4.99 Å². The Bertz CT molecular complexity index is 2810. The molecular weight excluding hydrogens is 676 g/mol. The molecule has 0 amide bonds. The predicted octanol–water partition coefficient (Wildman–Crippen LogP) is 11.3. The summed E-state index contributed by atoms with van der Waals surface area (Å²) in [5, 5.41) is 18.1. The van der Waals surface area contributed by atoms with Gasteiger partial charge >= 0.3 is 0 Å². The lowest BCUT2D eigenvalue weighted by atomic mass is 9.88. The first kappa shape index (κ1) is 33.1. The molecule has 1 aliphatic rings. The molecule has 0 bridgehead atoms. The maximum absolute atomic E-state index is 10.7. The number of nitrogens with one attached hydrogen (secondary N) is 1. The lowest BCUT2D eigenvalue weighted by molar-refractivity contribution is 0.445. The molecule has 0 radical (unpaired) electrons. The minimum Gasteiger partial charge on any atom is -0.356 e.